The van der Waals surface area contributed by atoms with Gasteiger partial charge in [-0.15, -0.1) is 11.3 Å². The van der Waals surface area contributed by atoms with Crippen LogP contribution in [-0.4, -0.2) is 16.8 Å². The zero-order chi connectivity index (χ0) is 18.8. The number of hydrogen-bond donors (Lipinski definition) is 2. The second-order valence-corrected chi connectivity index (χ2v) is 8.86. The van der Waals surface area contributed by atoms with Gasteiger partial charge in [-0.3, -0.25) is 14.9 Å². The number of carbonyl (C=O) groups excluding carboxylic acids is 2. The number of aromatic nitrogens is 1. The molecule has 2 heterocycles. The summed E-state index contributed by atoms with van der Waals surface area (Å²) in [6, 6.07) is 9.38. The van der Waals surface area contributed by atoms with Crippen LogP contribution >= 0.6 is 22.7 Å². The first-order valence-corrected chi connectivity index (χ1v) is 10.5. The fraction of sp³-hybridized carbons (Fsp3) is 0.250. The van der Waals surface area contributed by atoms with E-state index in [2.05, 4.69) is 27.8 Å². The molecule has 0 saturated carbocycles. The van der Waals surface area contributed by atoms with E-state index in [0.717, 1.165) is 40.0 Å². The van der Waals surface area contributed by atoms with E-state index in [1.807, 2.05) is 37.3 Å². The van der Waals surface area contributed by atoms with Crippen LogP contribution in [0.25, 0.3) is 10.2 Å². The molecule has 2 N–H and O–H groups in total. The Hall–Kier alpha value is -2.51. The summed E-state index contributed by atoms with van der Waals surface area (Å²) in [4.78, 5) is 30.9. The van der Waals surface area contributed by atoms with Crippen molar-refractivity contribution in [3.8, 4) is 0 Å². The molecular formula is C20H19N3O2S2. The minimum absolute atomic E-state index is 0.0382. The summed E-state index contributed by atoms with van der Waals surface area (Å²) < 4.78 is 0.925. The highest BCUT2D eigenvalue weighted by Gasteiger charge is 2.19. The first-order valence-electron chi connectivity index (χ1n) is 8.83. The van der Waals surface area contributed by atoms with Crippen molar-refractivity contribution >= 4 is 55.5 Å². The molecule has 138 valence electrons. The van der Waals surface area contributed by atoms with Crippen LogP contribution in [0.3, 0.4) is 0 Å². The van der Waals surface area contributed by atoms with Crippen molar-refractivity contribution in [2.45, 2.75) is 26.2 Å². The maximum absolute atomic E-state index is 12.4. The maximum Gasteiger partial charge on any atom is 0.267 e. The lowest BCUT2D eigenvalue weighted by Gasteiger charge is -2.17. The third-order valence-electron chi connectivity index (χ3n) is 4.48. The molecule has 0 unspecified atom stereocenters. The average molecular weight is 398 g/mol. The molecule has 27 heavy (non-hydrogen) atoms. The normalized spacial score (nSPS) is 16.4. The van der Waals surface area contributed by atoms with E-state index < -0.39 is 0 Å². The number of benzene rings is 1. The first-order chi connectivity index (χ1) is 13.1. The Bertz CT molecular complexity index is 1030. The van der Waals surface area contributed by atoms with Crippen molar-refractivity contribution in [3.05, 3.63) is 52.2 Å². The van der Waals surface area contributed by atoms with E-state index in [4.69, 9.17) is 0 Å². The highest BCUT2D eigenvalue weighted by Crippen LogP contribution is 2.30. The zero-order valence-corrected chi connectivity index (χ0v) is 16.5. The van der Waals surface area contributed by atoms with Crippen LogP contribution < -0.4 is 10.6 Å². The quantitative estimate of drug-likeness (QED) is 0.594. The van der Waals surface area contributed by atoms with Crippen molar-refractivity contribution in [3.63, 3.8) is 0 Å². The third kappa shape index (κ3) is 4.09. The predicted molar refractivity (Wildman–Crippen MR) is 112 cm³/mol. The van der Waals surface area contributed by atoms with E-state index in [0.29, 0.717) is 10.0 Å². The number of anilines is 2. The predicted octanol–water partition coefficient (Wildman–Crippen LogP) is 5.21. The number of allylic oxidation sites excluding steroid dienone is 2. The number of thiazole rings is 1. The van der Waals surface area contributed by atoms with Crippen molar-refractivity contribution in [2.75, 3.05) is 10.6 Å². The number of nitrogens with zero attached hydrogens (tertiary/aromatic N) is 1. The average Bonchev–Trinajstić information content (AvgIpc) is 3.27. The molecule has 7 heteroatoms. The highest BCUT2D eigenvalue weighted by molar-refractivity contribution is 7.22. The second kappa shape index (κ2) is 7.62. The number of thiophene rings is 1. The van der Waals surface area contributed by atoms with Crippen molar-refractivity contribution in [1.82, 2.24) is 4.98 Å². The molecule has 2 amide bonds. The Labute approximate surface area is 165 Å². The molecule has 3 aromatic rings. The van der Waals surface area contributed by atoms with E-state index >= 15 is 0 Å². The Kier molecular flexibility index (Phi) is 5.05. The second-order valence-electron chi connectivity index (χ2n) is 6.54. The van der Waals surface area contributed by atoms with Crippen molar-refractivity contribution in [1.29, 1.82) is 0 Å². The number of hydrogen-bond acceptors (Lipinski definition) is 5. The third-order valence-corrected chi connectivity index (χ3v) is 6.41. The summed E-state index contributed by atoms with van der Waals surface area (Å²) in [6.07, 6.45) is 6.85. The summed E-state index contributed by atoms with van der Waals surface area (Å²) in [5, 5.41) is 6.42. The summed E-state index contributed by atoms with van der Waals surface area (Å²) in [5.41, 5.74) is 1.56. The molecule has 0 saturated heterocycles. The largest absolute Gasteiger partial charge is 0.326 e. The minimum Gasteiger partial charge on any atom is -0.326 e. The van der Waals surface area contributed by atoms with Gasteiger partial charge in [-0.1, -0.05) is 23.5 Å². The standard InChI is InChI=1S/C20H19N3O2S2/c1-12-7-10-16(26-12)19(25)23-20-22-15-9-8-14(11-17(15)27-20)21-18(24)13-5-3-2-4-6-13/h2-3,7-11,13H,4-6H2,1H3,(H,21,24)(H,22,23,25)/t13-/m1/s1. The highest BCUT2D eigenvalue weighted by atomic mass is 32.1. The van der Waals surface area contributed by atoms with Gasteiger partial charge in [-0.05, 0) is 56.5 Å². The van der Waals surface area contributed by atoms with Gasteiger partial charge >= 0.3 is 0 Å². The molecule has 4 rings (SSSR count). The van der Waals surface area contributed by atoms with Gasteiger partial charge in [0.2, 0.25) is 5.91 Å². The molecule has 1 aliphatic carbocycles. The molecule has 1 atom stereocenters. The van der Waals surface area contributed by atoms with Gasteiger partial charge in [0.1, 0.15) is 0 Å². The number of nitrogens with one attached hydrogen (secondary N) is 2. The van der Waals surface area contributed by atoms with Crippen LogP contribution in [0.15, 0.2) is 42.5 Å². The summed E-state index contributed by atoms with van der Waals surface area (Å²) in [5.74, 6) is -0.0490. The number of fused-ring (bicyclic) bond motifs is 1. The SMILES string of the molecule is Cc1ccc(C(=O)Nc2nc3ccc(NC(=O)[C@@H]4CC=CCC4)cc3s2)s1. The van der Waals surface area contributed by atoms with Gasteiger partial charge < -0.3 is 5.32 Å². The molecule has 0 radical (unpaired) electrons. The maximum atomic E-state index is 12.4. The summed E-state index contributed by atoms with van der Waals surface area (Å²) in [6.45, 7) is 1.97. The molecular weight excluding hydrogens is 378 g/mol. The van der Waals surface area contributed by atoms with Crippen LogP contribution in [0.4, 0.5) is 10.8 Å². The van der Waals surface area contributed by atoms with Crippen molar-refractivity contribution < 1.29 is 9.59 Å². The van der Waals surface area contributed by atoms with Gasteiger partial charge in [0.25, 0.3) is 5.91 Å². The summed E-state index contributed by atoms with van der Waals surface area (Å²) >= 11 is 2.86. The molecule has 0 bridgehead atoms. The van der Waals surface area contributed by atoms with E-state index in [9.17, 15) is 9.59 Å². The molecule has 0 aliphatic heterocycles. The lowest BCUT2D eigenvalue weighted by atomic mass is 9.93. The Morgan fingerprint density at radius 1 is 1.11 bits per heavy atom. The molecule has 0 fully saturated rings. The smallest absolute Gasteiger partial charge is 0.267 e. The van der Waals surface area contributed by atoms with Gasteiger partial charge in [0, 0.05) is 16.5 Å². The molecule has 5 nitrogen and oxygen atoms in total. The van der Waals surface area contributed by atoms with Gasteiger partial charge in [0.15, 0.2) is 5.13 Å². The fourth-order valence-electron chi connectivity index (χ4n) is 3.05. The molecule has 0 spiro atoms. The van der Waals surface area contributed by atoms with Gasteiger partial charge in [-0.25, -0.2) is 4.98 Å². The van der Waals surface area contributed by atoms with Crippen LogP contribution in [-0.2, 0) is 4.79 Å². The van der Waals surface area contributed by atoms with E-state index in [1.165, 1.54) is 22.7 Å². The fourth-order valence-corrected chi connectivity index (χ4v) is 4.71. The van der Waals surface area contributed by atoms with Gasteiger partial charge in [0.05, 0.1) is 15.1 Å². The monoisotopic (exact) mass is 397 g/mol. The lowest BCUT2D eigenvalue weighted by molar-refractivity contribution is -0.120. The molecule has 1 aliphatic rings. The van der Waals surface area contributed by atoms with Gasteiger partial charge in [-0.2, -0.15) is 0 Å². The minimum atomic E-state index is -0.147. The lowest BCUT2D eigenvalue weighted by Crippen LogP contribution is -2.23. The van der Waals surface area contributed by atoms with Crippen LogP contribution in [0, 0.1) is 12.8 Å². The molecule has 2 aromatic heterocycles. The number of carbonyl (C=O) groups is 2. The number of rotatable bonds is 4. The summed E-state index contributed by atoms with van der Waals surface area (Å²) in [7, 11) is 0. The number of amides is 2. The first kappa shape index (κ1) is 17.9. The van der Waals surface area contributed by atoms with Crippen LogP contribution in [0.5, 0.6) is 0 Å². The topological polar surface area (TPSA) is 71.1 Å². The van der Waals surface area contributed by atoms with Crippen LogP contribution in [0.1, 0.15) is 33.8 Å². The zero-order valence-electron chi connectivity index (χ0n) is 14.8. The number of aryl methyl sites for hydroxylation is 1. The van der Waals surface area contributed by atoms with Crippen molar-refractivity contribution in [2.24, 2.45) is 5.92 Å². The van der Waals surface area contributed by atoms with E-state index in [1.54, 1.807) is 0 Å². The van der Waals surface area contributed by atoms with Crippen LogP contribution in [0.2, 0.25) is 0 Å². The Morgan fingerprint density at radius 2 is 2.00 bits per heavy atom. The van der Waals surface area contributed by atoms with E-state index in [-0.39, 0.29) is 17.7 Å². The molecule has 1 aromatic carbocycles. The Balaban J connectivity index is 1.47. The Morgan fingerprint density at radius 3 is 2.74 bits per heavy atom.